The summed E-state index contributed by atoms with van der Waals surface area (Å²) in [6.45, 7) is 0.889. The van der Waals surface area contributed by atoms with Crippen LogP contribution in [-0.4, -0.2) is 53.5 Å². The van der Waals surface area contributed by atoms with Crippen LogP contribution in [0.1, 0.15) is 17.5 Å². The van der Waals surface area contributed by atoms with Crippen LogP contribution in [0.5, 0.6) is 0 Å². The van der Waals surface area contributed by atoms with Gasteiger partial charge in [0.15, 0.2) is 0 Å². The summed E-state index contributed by atoms with van der Waals surface area (Å²) in [5.74, 6) is -0.413. The zero-order chi connectivity index (χ0) is 23.6. The smallest absolute Gasteiger partial charge is 0.240 e. The van der Waals surface area contributed by atoms with E-state index in [9.17, 15) is 13.2 Å². The molecule has 4 rings (SSSR count). The molecule has 1 atom stereocenters. The maximum absolute atomic E-state index is 12.8. The van der Waals surface area contributed by atoms with Gasteiger partial charge in [0.1, 0.15) is 15.9 Å². The number of amidine groups is 1. The van der Waals surface area contributed by atoms with E-state index < -0.39 is 15.9 Å². The van der Waals surface area contributed by atoms with Crippen LogP contribution in [0.25, 0.3) is 10.6 Å². The van der Waals surface area contributed by atoms with Crippen molar-refractivity contribution in [1.82, 2.24) is 20.2 Å². The highest BCUT2D eigenvalue weighted by molar-refractivity contribution is 7.93. The van der Waals surface area contributed by atoms with Crippen molar-refractivity contribution in [3.8, 4) is 10.6 Å². The van der Waals surface area contributed by atoms with Gasteiger partial charge in [0.2, 0.25) is 21.7 Å². The lowest BCUT2D eigenvalue weighted by Crippen LogP contribution is -2.40. The van der Waals surface area contributed by atoms with Crippen LogP contribution in [-0.2, 0) is 21.2 Å². The molecule has 0 radical (unpaired) electrons. The molecule has 172 valence electrons. The Balaban J connectivity index is 1.38. The lowest BCUT2D eigenvalue weighted by atomic mass is 10.1. The highest BCUT2D eigenvalue weighted by Crippen LogP contribution is 2.30. The Kier molecular flexibility index (Phi) is 6.40. The van der Waals surface area contributed by atoms with Crippen LogP contribution in [0.3, 0.4) is 0 Å². The molecule has 0 unspecified atom stereocenters. The molecule has 1 aromatic carbocycles. The van der Waals surface area contributed by atoms with Gasteiger partial charge in [-0.25, -0.2) is 18.4 Å². The van der Waals surface area contributed by atoms with Gasteiger partial charge in [-0.1, -0.05) is 18.2 Å². The minimum absolute atomic E-state index is 0.0331. The van der Waals surface area contributed by atoms with E-state index in [1.165, 1.54) is 12.3 Å². The third kappa shape index (κ3) is 5.18. The summed E-state index contributed by atoms with van der Waals surface area (Å²) in [6.07, 6.45) is 2.03. The van der Waals surface area contributed by atoms with Crippen molar-refractivity contribution in [3.63, 3.8) is 0 Å². The fraction of sp³-hybridized carbons (Fsp3) is 0.238. The largest absolute Gasteiger partial charge is 0.384 e. The zero-order valence-corrected chi connectivity index (χ0v) is 19.2. The predicted molar refractivity (Wildman–Crippen MR) is 126 cm³/mol. The van der Waals surface area contributed by atoms with E-state index in [0.717, 1.165) is 16.9 Å². The Morgan fingerprint density at radius 1 is 1.27 bits per heavy atom. The number of amides is 1. The molecule has 0 saturated carbocycles. The Morgan fingerprint density at radius 2 is 2.09 bits per heavy atom. The Hall–Kier alpha value is -3.35. The average molecular weight is 486 g/mol. The van der Waals surface area contributed by atoms with Crippen LogP contribution >= 0.6 is 11.3 Å². The molecule has 33 heavy (non-hydrogen) atoms. The van der Waals surface area contributed by atoms with Crippen LogP contribution in [0, 0.1) is 5.41 Å². The number of aromatic nitrogens is 2. The molecule has 0 aliphatic carbocycles. The van der Waals surface area contributed by atoms with Crippen LogP contribution in [0.15, 0.2) is 52.9 Å². The van der Waals surface area contributed by atoms with Crippen molar-refractivity contribution in [3.05, 3.63) is 59.8 Å². The Labute approximate surface area is 195 Å². The average Bonchev–Trinajstić information content (AvgIpc) is 3.41. The normalized spacial score (nSPS) is 16.3. The molecule has 1 aliphatic rings. The number of nitrogens with two attached hydrogens (primary N) is 2. The lowest BCUT2D eigenvalue weighted by Gasteiger charge is -2.17. The molecular weight excluding hydrogens is 462 g/mol. The number of anilines is 1. The Bertz CT molecular complexity index is 1310. The summed E-state index contributed by atoms with van der Waals surface area (Å²) in [7, 11) is -3.64. The first-order valence-corrected chi connectivity index (χ1v) is 12.6. The standard InChI is InChI=1S/C21H23N7O3S2/c22-19(23)14-3-1-2-13(10-14)11-28-9-7-16(20(28)29)26-12-33(30,31)18-5-4-17(32-18)15-6-8-25-21(24)27-15/h1-6,8,10,16,26H,7,9,11-12H2,(H3,22,23)(H2,24,25,27)/t16-/m0/s1. The van der Waals surface area contributed by atoms with Gasteiger partial charge in [0, 0.05) is 24.8 Å². The van der Waals surface area contributed by atoms with Gasteiger partial charge in [-0.3, -0.25) is 15.5 Å². The third-order valence-corrected chi connectivity index (χ3v) is 8.45. The first-order valence-electron chi connectivity index (χ1n) is 10.1. The second kappa shape index (κ2) is 9.25. The molecule has 12 heteroatoms. The topological polar surface area (TPSA) is 168 Å². The van der Waals surface area contributed by atoms with E-state index in [-0.39, 0.29) is 27.8 Å². The zero-order valence-electron chi connectivity index (χ0n) is 17.6. The number of sulfone groups is 1. The molecule has 1 aliphatic heterocycles. The molecule has 0 bridgehead atoms. The highest BCUT2D eigenvalue weighted by atomic mass is 32.2. The number of thiophene rings is 1. The highest BCUT2D eigenvalue weighted by Gasteiger charge is 2.32. The summed E-state index contributed by atoms with van der Waals surface area (Å²) < 4.78 is 25.8. The molecule has 1 saturated heterocycles. The molecule has 10 nitrogen and oxygen atoms in total. The minimum atomic E-state index is -3.64. The van der Waals surface area contributed by atoms with Crippen LogP contribution in [0.4, 0.5) is 5.95 Å². The SMILES string of the molecule is N=C(N)c1cccc(CN2CC[C@H](NCS(=O)(=O)c3ccc(-c4ccnc(N)n4)s3)C2=O)c1. The van der Waals surface area contributed by atoms with Crippen molar-refractivity contribution < 1.29 is 13.2 Å². The van der Waals surface area contributed by atoms with Gasteiger partial charge in [0.25, 0.3) is 0 Å². The number of hydrogen-bond donors (Lipinski definition) is 4. The van der Waals surface area contributed by atoms with Gasteiger partial charge in [-0.05, 0) is 36.2 Å². The van der Waals surface area contributed by atoms with Gasteiger partial charge in [-0.2, -0.15) is 0 Å². The summed E-state index contributed by atoms with van der Waals surface area (Å²) >= 11 is 1.09. The van der Waals surface area contributed by atoms with Crippen molar-refractivity contribution in [2.75, 3.05) is 18.2 Å². The summed E-state index contributed by atoms with van der Waals surface area (Å²) in [6, 6.07) is 11.5. The number of nitrogens with one attached hydrogen (secondary N) is 2. The molecule has 3 aromatic rings. The third-order valence-electron chi connectivity index (χ3n) is 5.24. The molecular formula is C21H23N7O3S2. The molecule has 2 aromatic heterocycles. The van der Waals surface area contributed by atoms with Crippen molar-refractivity contribution in [1.29, 1.82) is 5.41 Å². The number of likely N-dealkylation sites (tertiary alicyclic amines) is 1. The van der Waals surface area contributed by atoms with Gasteiger partial charge in [0.05, 0.1) is 16.6 Å². The van der Waals surface area contributed by atoms with E-state index >= 15 is 0 Å². The van der Waals surface area contributed by atoms with E-state index in [4.69, 9.17) is 16.9 Å². The lowest BCUT2D eigenvalue weighted by molar-refractivity contribution is -0.129. The van der Waals surface area contributed by atoms with Crippen molar-refractivity contribution in [2.24, 2.45) is 5.73 Å². The maximum Gasteiger partial charge on any atom is 0.240 e. The van der Waals surface area contributed by atoms with E-state index in [2.05, 4.69) is 15.3 Å². The first kappa shape index (κ1) is 22.8. The number of benzene rings is 1. The fourth-order valence-corrected chi connectivity index (χ4v) is 6.06. The number of carbonyl (C=O) groups excluding carboxylic acids is 1. The second-order valence-corrected chi connectivity index (χ2v) is 10.9. The number of nitrogen functional groups attached to an aromatic ring is 2. The molecule has 1 amide bonds. The summed E-state index contributed by atoms with van der Waals surface area (Å²) in [4.78, 5) is 23.1. The quantitative estimate of drug-likeness (QED) is 0.272. The van der Waals surface area contributed by atoms with Gasteiger partial charge < -0.3 is 16.4 Å². The fourth-order valence-electron chi connectivity index (χ4n) is 3.56. The van der Waals surface area contributed by atoms with Crippen LogP contribution in [0.2, 0.25) is 0 Å². The number of rotatable bonds is 8. The van der Waals surface area contributed by atoms with Gasteiger partial charge in [-0.15, -0.1) is 11.3 Å². The van der Waals surface area contributed by atoms with Crippen LogP contribution < -0.4 is 16.8 Å². The number of nitrogens with zero attached hydrogens (tertiary/aromatic N) is 3. The van der Waals surface area contributed by atoms with Gasteiger partial charge >= 0.3 is 0 Å². The Morgan fingerprint density at radius 3 is 2.85 bits per heavy atom. The van der Waals surface area contributed by atoms with E-state index in [1.807, 2.05) is 6.07 Å². The maximum atomic E-state index is 12.8. The number of hydrogen-bond acceptors (Lipinski definition) is 9. The van der Waals surface area contributed by atoms with E-state index in [0.29, 0.717) is 35.6 Å². The molecule has 6 N–H and O–H groups in total. The number of carbonyl (C=O) groups is 1. The predicted octanol–water partition coefficient (Wildman–Crippen LogP) is 1.19. The van der Waals surface area contributed by atoms with E-state index in [1.54, 1.807) is 35.2 Å². The summed E-state index contributed by atoms with van der Waals surface area (Å²) in [5, 5.41) is 10.5. The monoisotopic (exact) mass is 485 g/mol. The summed E-state index contributed by atoms with van der Waals surface area (Å²) in [5.41, 5.74) is 13.1. The molecule has 3 heterocycles. The second-order valence-electron chi connectivity index (χ2n) is 7.60. The minimum Gasteiger partial charge on any atom is -0.384 e. The first-order chi connectivity index (χ1) is 15.7. The molecule has 0 spiro atoms. The van der Waals surface area contributed by atoms with Crippen molar-refractivity contribution >= 4 is 38.9 Å². The van der Waals surface area contributed by atoms with Crippen molar-refractivity contribution in [2.45, 2.75) is 23.2 Å². The molecule has 1 fully saturated rings.